The summed E-state index contributed by atoms with van der Waals surface area (Å²) in [5.74, 6) is 2.47. The fourth-order valence-corrected chi connectivity index (χ4v) is 12.0. The Balaban J connectivity index is 0.994. The molecule has 0 aliphatic carbocycles. The molecule has 1 aromatic carbocycles. The van der Waals surface area contributed by atoms with Crippen LogP contribution in [0.15, 0.2) is 116 Å². The molecule has 3 aromatic heterocycles. The summed E-state index contributed by atoms with van der Waals surface area (Å²) in [7, 11) is 1.78. The predicted octanol–water partition coefficient (Wildman–Crippen LogP) is 9.66. The summed E-state index contributed by atoms with van der Waals surface area (Å²) in [4.78, 5) is 13.9. The Morgan fingerprint density at radius 1 is 0.476 bits per heavy atom. The molecule has 0 spiro atoms. The molecular weight excluding hydrogens is 779 g/mol. The third-order valence-electron chi connectivity index (χ3n) is 15.1. The number of hydrogen-bond acceptors (Lipinski definition) is 9. The zero-order valence-electron chi connectivity index (χ0n) is 37.7. The van der Waals surface area contributed by atoms with E-state index in [1.807, 2.05) is 18.6 Å². The molecule has 12 unspecified atom stereocenters. The molecule has 0 saturated carbocycles. The number of methoxy groups -OCH3 is 1. The van der Waals surface area contributed by atoms with Gasteiger partial charge in [-0.2, -0.15) is 0 Å². The van der Waals surface area contributed by atoms with Crippen molar-refractivity contribution in [3.8, 4) is 11.5 Å². The largest absolute Gasteiger partial charge is 0.493 e. The van der Waals surface area contributed by atoms with Crippen molar-refractivity contribution in [3.63, 3.8) is 0 Å². The standard InChI is InChI=1S/C54H71N7O2/c1-3-4-5-6-7-8-9-10-11-12-32-63-49-28-19-37(33-50(49)62-2)51-41-20-22-43(58-41)52(38-16-13-29-55-34-38)45-24-26-47(60-45)54(40-18-15-31-57-36-40)48-27-25-46(61-48)53(39-17-14-30-56-35-39)44-23-21-42(51)59-44/h13-20,22,25,27-31,33-36,41-48,51-54,58-61H,3-12,21,23-24,26,32H2,1-2H3. The molecule has 9 rings (SSSR count). The molecule has 5 aliphatic rings. The lowest BCUT2D eigenvalue weighted by Crippen LogP contribution is -2.52. The minimum atomic E-state index is 0.118. The number of pyridine rings is 3. The quantitative estimate of drug-likeness (QED) is 0.0611. The number of nitrogens with zero attached hydrogens (tertiary/aromatic N) is 3. The summed E-state index contributed by atoms with van der Waals surface area (Å²) >= 11 is 0. The first-order valence-corrected chi connectivity index (χ1v) is 24.6. The zero-order valence-corrected chi connectivity index (χ0v) is 37.7. The molecule has 63 heavy (non-hydrogen) atoms. The van der Waals surface area contributed by atoms with Crippen molar-refractivity contribution in [1.29, 1.82) is 0 Å². The maximum Gasteiger partial charge on any atom is 0.161 e. The van der Waals surface area contributed by atoms with E-state index < -0.39 is 0 Å². The van der Waals surface area contributed by atoms with E-state index in [1.165, 1.54) is 80.0 Å². The minimum Gasteiger partial charge on any atom is -0.493 e. The molecule has 9 heteroatoms. The monoisotopic (exact) mass is 850 g/mol. The Bertz CT molecular complexity index is 2030. The van der Waals surface area contributed by atoms with E-state index in [0.717, 1.165) is 43.6 Å². The molecule has 0 amide bonds. The van der Waals surface area contributed by atoms with Gasteiger partial charge >= 0.3 is 0 Å². The van der Waals surface area contributed by atoms with Crippen LogP contribution in [0.5, 0.6) is 11.5 Å². The minimum absolute atomic E-state index is 0.118. The smallest absolute Gasteiger partial charge is 0.161 e. The van der Waals surface area contributed by atoms with Crippen molar-refractivity contribution >= 4 is 0 Å². The number of unbranched alkanes of at least 4 members (excludes halogenated alkanes) is 9. The fourth-order valence-electron chi connectivity index (χ4n) is 12.0. The molecule has 8 bridgehead atoms. The number of fused-ring (bicyclic) bond motifs is 8. The number of ether oxygens (including phenoxy) is 2. The lowest BCUT2D eigenvalue weighted by atomic mass is 9.83. The van der Waals surface area contributed by atoms with E-state index in [4.69, 9.17) is 9.47 Å². The Morgan fingerprint density at radius 3 is 1.29 bits per heavy atom. The molecule has 8 heterocycles. The molecule has 4 aromatic rings. The van der Waals surface area contributed by atoms with Crippen molar-refractivity contribution in [2.75, 3.05) is 13.7 Å². The summed E-state index contributed by atoms with van der Waals surface area (Å²) in [6, 6.07) is 21.5. The summed E-state index contributed by atoms with van der Waals surface area (Å²) in [5, 5.41) is 17.0. The molecule has 9 nitrogen and oxygen atoms in total. The third kappa shape index (κ3) is 10.3. The first-order valence-electron chi connectivity index (χ1n) is 24.6. The van der Waals surface area contributed by atoms with Crippen LogP contribution < -0.4 is 30.7 Å². The van der Waals surface area contributed by atoms with Crippen LogP contribution in [0.4, 0.5) is 0 Å². The van der Waals surface area contributed by atoms with E-state index in [2.05, 4.69) is 141 Å². The van der Waals surface area contributed by atoms with Crippen LogP contribution in [0.2, 0.25) is 0 Å². The van der Waals surface area contributed by atoms with Gasteiger partial charge in [-0.05, 0) is 84.7 Å². The predicted molar refractivity (Wildman–Crippen MR) is 254 cm³/mol. The second-order valence-electron chi connectivity index (χ2n) is 19.0. The topological polar surface area (TPSA) is 105 Å². The molecular formula is C54H71N7O2. The molecule has 0 radical (unpaired) electrons. The van der Waals surface area contributed by atoms with E-state index in [1.54, 1.807) is 7.11 Å². The average Bonchev–Trinajstić information content (AvgIpc) is 4.18. The van der Waals surface area contributed by atoms with Crippen LogP contribution in [0.25, 0.3) is 0 Å². The van der Waals surface area contributed by atoms with Gasteiger partial charge in [0.1, 0.15) is 0 Å². The Morgan fingerprint density at radius 2 is 0.889 bits per heavy atom. The highest BCUT2D eigenvalue weighted by Gasteiger charge is 2.47. The fraction of sp³-hybridized carbons (Fsp3) is 0.537. The number of rotatable bonds is 17. The molecule has 334 valence electrons. The number of nitrogens with one attached hydrogen (secondary N) is 4. The summed E-state index contributed by atoms with van der Waals surface area (Å²) in [6.45, 7) is 3.00. The van der Waals surface area contributed by atoms with Crippen molar-refractivity contribution in [2.24, 2.45) is 0 Å². The molecule has 3 saturated heterocycles. The molecule has 3 fully saturated rings. The number of hydrogen-bond donors (Lipinski definition) is 4. The SMILES string of the molecule is CCCCCCCCCCCCOc1ccc(C2C3C=CC(N3)C(c3cccnc3)C3CCC(N3)C(c3cccnc3)C3C=CC(N3)C(c3cccnc3)C3CCC2N3)cc1OC. The van der Waals surface area contributed by atoms with Crippen LogP contribution in [-0.2, 0) is 0 Å². The van der Waals surface area contributed by atoms with E-state index in [-0.39, 0.29) is 72.0 Å². The highest BCUT2D eigenvalue weighted by atomic mass is 16.5. The van der Waals surface area contributed by atoms with Crippen molar-refractivity contribution < 1.29 is 9.47 Å². The first-order chi connectivity index (χ1) is 31.2. The lowest BCUT2D eigenvalue weighted by molar-refractivity contribution is 0.283. The number of aromatic nitrogens is 3. The molecule has 4 N–H and O–H groups in total. The second kappa shape index (κ2) is 21.5. The number of benzene rings is 1. The van der Waals surface area contributed by atoms with E-state index in [9.17, 15) is 0 Å². The van der Waals surface area contributed by atoms with Crippen molar-refractivity contribution in [2.45, 2.75) is 169 Å². The van der Waals surface area contributed by atoms with Gasteiger partial charge in [0.05, 0.1) is 13.7 Å². The highest BCUT2D eigenvalue weighted by molar-refractivity contribution is 5.46. The van der Waals surface area contributed by atoms with Gasteiger partial charge < -0.3 is 30.7 Å². The van der Waals surface area contributed by atoms with Gasteiger partial charge in [-0.15, -0.1) is 0 Å². The average molecular weight is 850 g/mol. The normalized spacial score (nSPS) is 31.1. The van der Waals surface area contributed by atoms with Gasteiger partial charge in [-0.3, -0.25) is 15.0 Å². The summed E-state index contributed by atoms with van der Waals surface area (Å²) in [5.41, 5.74) is 5.10. The third-order valence-corrected chi connectivity index (χ3v) is 15.1. The maximum atomic E-state index is 6.44. The van der Waals surface area contributed by atoms with Gasteiger partial charge in [-0.25, -0.2) is 0 Å². The second-order valence-corrected chi connectivity index (χ2v) is 19.0. The summed E-state index contributed by atoms with van der Waals surface area (Å²) in [6.07, 6.45) is 39.2. The Labute approximate surface area is 376 Å². The zero-order chi connectivity index (χ0) is 42.8. The van der Waals surface area contributed by atoms with Crippen LogP contribution >= 0.6 is 0 Å². The van der Waals surface area contributed by atoms with Crippen LogP contribution in [-0.4, -0.2) is 77.0 Å². The Hall–Kier alpha value is -4.41. The van der Waals surface area contributed by atoms with Gasteiger partial charge in [0, 0.05) is 109 Å². The van der Waals surface area contributed by atoms with Gasteiger partial charge in [0.2, 0.25) is 0 Å². The molecule has 12 atom stereocenters. The van der Waals surface area contributed by atoms with Gasteiger partial charge in [0.25, 0.3) is 0 Å². The van der Waals surface area contributed by atoms with Crippen LogP contribution in [0.3, 0.4) is 0 Å². The van der Waals surface area contributed by atoms with Gasteiger partial charge in [0.15, 0.2) is 11.5 Å². The molecule has 5 aliphatic heterocycles. The van der Waals surface area contributed by atoms with E-state index in [0.29, 0.717) is 6.61 Å². The first kappa shape index (κ1) is 43.8. The van der Waals surface area contributed by atoms with Crippen LogP contribution in [0.1, 0.15) is 143 Å². The van der Waals surface area contributed by atoms with Crippen LogP contribution in [0, 0.1) is 0 Å². The van der Waals surface area contributed by atoms with Crippen molar-refractivity contribution in [3.05, 3.63) is 138 Å². The lowest BCUT2D eigenvalue weighted by Gasteiger charge is -2.37. The maximum absolute atomic E-state index is 6.44. The summed E-state index contributed by atoms with van der Waals surface area (Å²) < 4.78 is 12.5. The highest BCUT2D eigenvalue weighted by Crippen LogP contribution is 2.44. The van der Waals surface area contributed by atoms with Crippen molar-refractivity contribution in [1.82, 2.24) is 36.2 Å². The van der Waals surface area contributed by atoms with Gasteiger partial charge in [-0.1, -0.05) is 113 Å². The van der Waals surface area contributed by atoms with E-state index >= 15 is 0 Å². The Kier molecular flexibility index (Phi) is 15.0.